The van der Waals surface area contributed by atoms with Crippen LogP contribution < -0.4 is 4.74 Å². The molecule has 0 bridgehead atoms. The molecule has 0 atom stereocenters. The Balaban J connectivity index is 1.61. The van der Waals surface area contributed by atoms with Crippen LogP contribution in [0.15, 0.2) is 43.0 Å². The number of carbonyl (C=O) groups is 1. The molecule has 4 N–H and O–H groups in total. The summed E-state index contributed by atoms with van der Waals surface area (Å²) in [4.78, 5) is 21.1. The van der Waals surface area contributed by atoms with Gasteiger partial charge in [-0.2, -0.15) is 18.3 Å². The highest BCUT2D eigenvalue weighted by Gasteiger charge is 2.39. The molecule has 1 aromatic carbocycles. The molecule has 0 aliphatic carbocycles. The molecule has 41 heavy (non-hydrogen) atoms. The van der Waals surface area contributed by atoms with Crippen molar-refractivity contribution in [3.8, 4) is 22.9 Å². The Kier molecular flexibility index (Phi) is 9.04. The molecule has 0 aliphatic rings. The number of benzene rings is 1. The van der Waals surface area contributed by atoms with Crippen LogP contribution in [0.4, 0.5) is 13.2 Å². The van der Waals surface area contributed by atoms with Crippen LogP contribution in [0.5, 0.6) is 11.6 Å². The van der Waals surface area contributed by atoms with Crippen molar-refractivity contribution in [3.63, 3.8) is 0 Å². The van der Waals surface area contributed by atoms with Crippen LogP contribution in [0.2, 0.25) is 0 Å². The minimum Gasteiger partial charge on any atom is -0.436 e. The lowest BCUT2D eigenvalue weighted by molar-refractivity contribution is -0.319. The number of hydrogen-bond donors (Lipinski definition) is 4. The van der Waals surface area contributed by atoms with E-state index in [0.717, 1.165) is 18.0 Å². The summed E-state index contributed by atoms with van der Waals surface area (Å²) < 4.78 is 54.3. The number of ketones is 1. The first-order chi connectivity index (χ1) is 19.4. The van der Waals surface area contributed by atoms with Gasteiger partial charge in [0.25, 0.3) is 11.9 Å². The van der Waals surface area contributed by atoms with Gasteiger partial charge in [0, 0.05) is 37.2 Å². The molecule has 3 heterocycles. The van der Waals surface area contributed by atoms with Gasteiger partial charge in [0.1, 0.15) is 12.3 Å². The Morgan fingerprint density at radius 1 is 1.12 bits per heavy atom. The van der Waals surface area contributed by atoms with Crippen LogP contribution in [0.25, 0.3) is 16.9 Å². The maximum atomic E-state index is 13.8. The number of Topliss-reactive ketones (excluding diaryl/α,β-unsaturated/α-hetero) is 1. The molecule has 0 fully saturated rings. The van der Waals surface area contributed by atoms with Crippen LogP contribution in [-0.4, -0.2) is 76.2 Å². The van der Waals surface area contributed by atoms with E-state index in [0.29, 0.717) is 35.4 Å². The first-order valence-electron chi connectivity index (χ1n) is 12.6. The van der Waals surface area contributed by atoms with Crippen molar-refractivity contribution < 1.29 is 47.9 Å². The number of carbonyl (C=O) groups excluding carboxylic acids is 1. The fourth-order valence-electron chi connectivity index (χ4n) is 4.23. The van der Waals surface area contributed by atoms with Crippen LogP contribution in [0.3, 0.4) is 0 Å². The number of alkyl halides is 3. The summed E-state index contributed by atoms with van der Waals surface area (Å²) in [5.74, 6) is -3.02. The summed E-state index contributed by atoms with van der Waals surface area (Å²) in [5, 5.41) is 39.7. The number of aryl methyl sites for hydroxylation is 1. The van der Waals surface area contributed by atoms with Gasteiger partial charge in [-0.05, 0) is 36.6 Å². The monoisotopic (exact) mass is 579 g/mol. The Morgan fingerprint density at radius 2 is 1.90 bits per heavy atom. The molecule has 0 spiro atoms. The summed E-state index contributed by atoms with van der Waals surface area (Å²) in [6.45, 7) is 1.33. The Labute approximate surface area is 231 Å². The zero-order chi connectivity index (χ0) is 29.8. The number of hydrogen-bond acceptors (Lipinski definition) is 10. The van der Waals surface area contributed by atoms with Crippen molar-refractivity contribution in [2.75, 3.05) is 19.8 Å². The summed E-state index contributed by atoms with van der Waals surface area (Å²) >= 11 is 0. The van der Waals surface area contributed by atoms with Crippen LogP contribution in [0.1, 0.15) is 41.4 Å². The van der Waals surface area contributed by atoms with Crippen molar-refractivity contribution in [2.45, 2.75) is 44.9 Å². The lowest BCUT2D eigenvalue weighted by Gasteiger charge is -2.13. The zero-order valence-electron chi connectivity index (χ0n) is 21.9. The number of aromatic nitrogens is 5. The quantitative estimate of drug-likeness (QED) is 0.105. The van der Waals surface area contributed by atoms with Crippen molar-refractivity contribution in [1.82, 2.24) is 24.1 Å². The third kappa shape index (κ3) is 7.25. The summed E-state index contributed by atoms with van der Waals surface area (Å²) in [6, 6.07) is 4.90. The molecule has 12 nitrogen and oxygen atoms in total. The van der Waals surface area contributed by atoms with Gasteiger partial charge in [0.05, 0.1) is 30.7 Å². The number of imidazole rings is 1. The molecule has 15 heteroatoms. The third-order valence-electron chi connectivity index (χ3n) is 5.98. The molecule has 0 amide bonds. The number of rotatable bonds is 13. The lowest BCUT2D eigenvalue weighted by atomic mass is 9.98. The van der Waals surface area contributed by atoms with Gasteiger partial charge in [0.15, 0.2) is 11.5 Å². The Bertz CT molecular complexity index is 1510. The van der Waals surface area contributed by atoms with Crippen molar-refractivity contribution in [1.29, 1.82) is 0 Å². The number of nitrogens with zero attached hydrogens (tertiary/aromatic N) is 5. The van der Waals surface area contributed by atoms with E-state index >= 15 is 0 Å². The van der Waals surface area contributed by atoms with Gasteiger partial charge in [-0.1, -0.05) is 6.92 Å². The van der Waals surface area contributed by atoms with Crippen LogP contribution in [0, 0.1) is 0 Å². The van der Waals surface area contributed by atoms with Crippen molar-refractivity contribution in [3.05, 3.63) is 59.8 Å². The van der Waals surface area contributed by atoms with Gasteiger partial charge in [-0.25, -0.2) is 9.97 Å². The van der Waals surface area contributed by atoms with Crippen LogP contribution in [-0.2, 0) is 23.9 Å². The van der Waals surface area contributed by atoms with Crippen molar-refractivity contribution >= 4 is 11.4 Å². The number of fused-ring (bicyclic) bond motifs is 1. The van der Waals surface area contributed by atoms with E-state index in [4.69, 9.17) is 14.6 Å². The standard InChI is InChI=1S/C26H28F3N5O7/c1-2-16-12-17(5-6-18(16)21(36)4-3-10-40-11-9-35)41-24-23-31-13-20(34(23)8-7-30-24)19-14-33(15-25(37,38)39)32-22(19)26(27,28)29/h5-8,12-14,35,37-39H,2-4,9-11,15H2,1H3. The second-order valence-electron chi connectivity index (χ2n) is 9.07. The molecule has 220 valence electrons. The number of halogens is 3. The second kappa shape index (κ2) is 12.3. The van der Waals surface area contributed by atoms with Gasteiger partial charge in [-0.15, -0.1) is 0 Å². The minimum atomic E-state index is -4.90. The summed E-state index contributed by atoms with van der Waals surface area (Å²) in [6.07, 6.45) is 1.16. The second-order valence-corrected chi connectivity index (χ2v) is 9.07. The molecular formula is C26H28F3N5O7. The SMILES string of the molecule is CCc1cc(Oc2nccn3c(-c4cn(CC(O)(O)O)nc4C(F)(F)F)cnc23)ccc1C(=O)CCCOCCO. The molecule has 0 saturated heterocycles. The third-order valence-corrected chi connectivity index (χ3v) is 5.98. The topological polar surface area (TPSA) is 164 Å². The van der Waals surface area contributed by atoms with E-state index in [1.165, 1.54) is 16.8 Å². The van der Waals surface area contributed by atoms with E-state index in [2.05, 4.69) is 15.1 Å². The van der Waals surface area contributed by atoms with E-state index in [1.54, 1.807) is 18.2 Å². The predicted octanol–water partition coefficient (Wildman–Crippen LogP) is 2.57. The molecular weight excluding hydrogens is 551 g/mol. The molecule has 4 rings (SSSR count). The number of aliphatic hydroxyl groups is 4. The fraction of sp³-hybridized carbons (Fsp3) is 0.385. The smallest absolute Gasteiger partial charge is 0.435 e. The lowest BCUT2D eigenvalue weighted by Crippen LogP contribution is -2.33. The van der Waals surface area contributed by atoms with E-state index in [1.807, 2.05) is 6.92 Å². The highest BCUT2D eigenvalue weighted by atomic mass is 19.4. The molecule has 0 unspecified atom stereocenters. The molecule has 0 aliphatic heterocycles. The normalized spacial score (nSPS) is 12.3. The first-order valence-corrected chi connectivity index (χ1v) is 12.6. The average molecular weight is 580 g/mol. The highest BCUT2D eigenvalue weighted by molar-refractivity contribution is 5.97. The van der Waals surface area contributed by atoms with Gasteiger partial charge in [0.2, 0.25) is 5.65 Å². The fourth-order valence-corrected chi connectivity index (χ4v) is 4.23. The first kappa shape index (κ1) is 30.1. The van der Waals surface area contributed by atoms with Crippen molar-refractivity contribution in [2.24, 2.45) is 0 Å². The predicted molar refractivity (Wildman–Crippen MR) is 136 cm³/mol. The maximum Gasteiger partial charge on any atom is 0.435 e. The van der Waals surface area contributed by atoms with E-state index < -0.39 is 30.0 Å². The zero-order valence-corrected chi connectivity index (χ0v) is 21.9. The number of aliphatic hydroxyl groups excluding tert-OH is 1. The Hall–Kier alpha value is -3.89. The minimum absolute atomic E-state index is 0.0121. The molecule has 4 aromatic rings. The van der Waals surface area contributed by atoms with E-state index in [9.17, 15) is 33.3 Å². The van der Waals surface area contributed by atoms with Gasteiger partial charge >= 0.3 is 6.18 Å². The van der Waals surface area contributed by atoms with Gasteiger partial charge < -0.3 is 29.9 Å². The van der Waals surface area contributed by atoms with Gasteiger partial charge in [-0.3, -0.25) is 13.9 Å². The summed E-state index contributed by atoms with van der Waals surface area (Å²) in [5.41, 5.74) is -0.436. The Morgan fingerprint density at radius 3 is 2.59 bits per heavy atom. The largest absolute Gasteiger partial charge is 0.436 e. The molecule has 3 aromatic heterocycles. The van der Waals surface area contributed by atoms with Crippen LogP contribution >= 0.6 is 0 Å². The molecule has 0 saturated carbocycles. The maximum absolute atomic E-state index is 13.8. The molecule has 0 radical (unpaired) electrons. The van der Waals surface area contributed by atoms with E-state index in [-0.39, 0.29) is 42.6 Å². The highest BCUT2D eigenvalue weighted by Crippen LogP contribution is 2.37. The number of ether oxygens (including phenoxy) is 2. The summed E-state index contributed by atoms with van der Waals surface area (Å²) in [7, 11) is 0. The average Bonchev–Trinajstić information content (AvgIpc) is 3.52.